The van der Waals surface area contributed by atoms with Gasteiger partial charge in [0.2, 0.25) is 11.8 Å². The monoisotopic (exact) mass is 316 g/mol. The zero-order chi connectivity index (χ0) is 17.2. The Kier molecular flexibility index (Phi) is 7.27. The molecule has 0 bridgehead atoms. The molecule has 0 saturated heterocycles. The van der Waals surface area contributed by atoms with Crippen molar-refractivity contribution in [3.05, 3.63) is 29.8 Å². The standard InChI is InChI=1S/C16H20N4O3/c1-3-10-18-15(22)11(2)19-16(23)12-4-6-13(7-5-12)20-14(21)8-9-17/h4-7,11H,3,8,10H2,1-2H3,(H,18,22)(H,19,23)(H,20,21)/t11-/m0/s1. The molecule has 0 aliphatic heterocycles. The number of nitrogens with zero attached hydrogens (tertiary/aromatic N) is 1. The van der Waals surface area contributed by atoms with Crippen LogP contribution in [0.4, 0.5) is 5.69 Å². The Morgan fingerprint density at radius 3 is 2.43 bits per heavy atom. The third kappa shape index (κ3) is 6.18. The predicted molar refractivity (Wildman–Crippen MR) is 85.5 cm³/mol. The summed E-state index contributed by atoms with van der Waals surface area (Å²) in [7, 11) is 0. The Morgan fingerprint density at radius 2 is 1.87 bits per heavy atom. The van der Waals surface area contributed by atoms with Crippen molar-refractivity contribution >= 4 is 23.4 Å². The number of nitrogens with one attached hydrogen (secondary N) is 3. The lowest BCUT2D eigenvalue weighted by Gasteiger charge is -2.14. The van der Waals surface area contributed by atoms with Crippen LogP contribution in [-0.4, -0.2) is 30.3 Å². The number of benzene rings is 1. The van der Waals surface area contributed by atoms with Gasteiger partial charge in [0.05, 0.1) is 6.07 Å². The Labute approximate surface area is 135 Å². The Hall–Kier alpha value is -2.88. The molecule has 3 amide bonds. The Morgan fingerprint density at radius 1 is 1.22 bits per heavy atom. The van der Waals surface area contributed by atoms with Crippen LogP contribution < -0.4 is 16.0 Å². The van der Waals surface area contributed by atoms with E-state index in [0.29, 0.717) is 17.8 Å². The fourth-order valence-corrected chi connectivity index (χ4v) is 1.73. The van der Waals surface area contributed by atoms with Crippen molar-refractivity contribution in [1.82, 2.24) is 10.6 Å². The highest BCUT2D eigenvalue weighted by Crippen LogP contribution is 2.10. The molecule has 0 aliphatic carbocycles. The Bertz CT molecular complexity index is 605. The van der Waals surface area contributed by atoms with Crippen molar-refractivity contribution in [2.45, 2.75) is 32.7 Å². The van der Waals surface area contributed by atoms with Crippen molar-refractivity contribution < 1.29 is 14.4 Å². The van der Waals surface area contributed by atoms with Gasteiger partial charge < -0.3 is 16.0 Å². The van der Waals surface area contributed by atoms with Crippen LogP contribution in [0.3, 0.4) is 0 Å². The number of carbonyl (C=O) groups excluding carboxylic acids is 3. The van der Waals surface area contributed by atoms with E-state index in [2.05, 4.69) is 16.0 Å². The molecule has 7 heteroatoms. The second kappa shape index (κ2) is 9.20. The zero-order valence-corrected chi connectivity index (χ0v) is 13.2. The van der Waals surface area contributed by atoms with Gasteiger partial charge in [-0.15, -0.1) is 0 Å². The molecule has 0 spiro atoms. The van der Waals surface area contributed by atoms with Crippen LogP contribution in [0.15, 0.2) is 24.3 Å². The first kappa shape index (κ1) is 18.2. The number of rotatable bonds is 7. The lowest BCUT2D eigenvalue weighted by atomic mass is 10.1. The molecule has 122 valence electrons. The third-order valence-corrected chi connectivity index (χ3v) is 2.96. The van der Waals surface area contributed by atoms with Crippen LogP contribution in [0.1, 0.15) is 37.0 Å². The summed E-state index contributed by atoms with van der Waals surface area (Å²) in [6.45, 7) is 4.12. The lowest BCUT2D eigenvalue weighted by molar-refractivity contribution is -0.122. The molecule has 23 heavy (non-hydrogen) atoms. The molecule has 0 aliphatic rings. The van der Waals surface area contributed by atoms with Gasteiger partial charge in [0, 0.05) is 17.8 Å². The lowest BCUT2D eigenvalue weighted by Crippen LogP contribution is -2.44. The van der Waals surface area contributed by atoms with E-state index in [0.717, 1.165) is 6.42 Å². The van der Waals surface area contributed by atoms with E-state index in [-0.39, 0.29) is 18.2 Å². The number of hydrogen-bond acceptors (Lipinski definition) is 4. The summed E-state index contributed by atoms with van der Waals surface area (Å²) < 4.78 is 0. The third-order valence-electron chi connectivity index (χ3n) is 2.96. The molecule has 1 aromatic carbocycles. The van der Waals surface area contributed by atoms with Gasteiger partial charge in [-0.05, 0) is 37.6 Å². The minimum Gasteiger partial charge on any atom is -0.354 e. The molecule has 0 saturated carbocycles. The van der Waals surface area contributed by atoms with Crippen LogP contribution >= 0.6 is 0 Å². The van der Waals surface area contributed by atoms with Gasteiger partial charge >= 0.3 is 0 Å². The summed E-state index contributed by atoms with van der Waals surface area (Å²) in [4.78, 5) is 35.0. The van der Waals surface area contributed by atoms with Crippen molar-refractivity contribution in [3.63, 3.8) is 0 Å². The summed E-state index contributed by atoms with van der Waals surface area (Å²) in [6, 6.07) is 7.31. The molecule has 0 unspecified atom stereocenters. The SMILES string of the molecule is CCCNC(=O)[C@H](C)NC(=O)c1ccc(NC(=O)CC#N)cc1. The van der Waals surface area contributed by atoms with E-state index in [1.807, 2.05) is 6.92 Å². The fraction of sp³-hybridized carbons (Fsp3) is 0.375. The number of hydrogen-bond donors (Lipinski definition) is 3. The van der Waals surface area contributed by atoms with Crippen LogP contribution in [0.2, 0.25) is 0 Å². The predicted octanol–water partition coefficient (Wildman–Crippen LogP) is 1.18. The highest BCUT2D eigenvalue weighted by atomic mass is 16.2. The van der Waals surface area contributed by atoms with E-state index >= 15 is 0 Å². The van der Waals surface area contributed by atoms with E-state index in [1.165, 1.54) is 12.1 Å². The van der Waals surface area contributed by atoms with Crippen LogP contribution in [0, 0.1) is 11.3 Å². The maximum Gasteiger partial charge on any atom is 0.251 e. The zero-order valence-electron chi connectivity index (χ0n) is 13.2. The smallest absolute Gasteiger partial charge is 0.251 e. The minimum absolute atomic E-state index is 0.230. The maximum absolute atomic E-state index is 12.0. The van der Waals surface area contributed by atoms with Gasteiger partial charge in [0.15, 0.2) is 0 Å². The minimum atomic E-state index is -0.635. The van der Waals surface area contributed by atoms with Gasteiger partial charge in [-0.3, -0.25) is 14.4 Å². The number of amides is 3. The quantitative estimate of drug-likeness (QED) is 0.701. The first-order valence-electron chi connectivity index (χ1n) is 7.33. The van der Waals surface area contributed by atoms with Crippen LogP contribution in [0.25, 0.3) is 0 Å². The summed E-state index contributed by atoms with van der Waals surface area (Å²) >= 11 is 0. The average Bonchev–Trinajstić information content (AvgIpc) is 2.53. The molecule has 1 atom stereocenters. The molecule has 0 aromatic heterocycles. The summed E-state index contributed by atoms with van der Waals surface area (Å²) in [5.74, 6) is -1.02. The average molecular weight is 316 g/mol. The number of carbonyl (C=O) groups is 3. The highest BCUT2D eigenvalue weighted by Gasteiger charge is 2.16. The molecular weight excluding hydrogens is 296 g/mol. The molecular formula is C16H20N4O3. The molecule has 0 radical (unpaired) electrons. The topological polar surface area (TPSA) is 111 Å². The van der Waals surface area contributed by atoms with Crippen molar-refractivity contribution in [1.29, 1.82) is 5.26 Å². The number of nitriles is 1. The van der Waals surface area contributed by atoms with Gasteiger partial charge in [0.25, 0.3) is 5.91 Å². The molecule has 3 N–H and O–H groups in total. The fourth-order valence-electron chi connectivity index (χ4n) is 1.73. The summed E-state index contributed by atoms with van der Waals surface area (Å²) in [6.07, 6.45) is 0.595. The maximum atomic E-state index is 12.0. The van der Waals surface area contributed by atoms with Gasteiger partial charge in [-0.1, -0.05) is 6.92 Å². The summed E-state index contributed by atoms with van der Waals surface area (Å²) in [5, 5.41) is 16.3. The molecule has 0 fully saturated rings. The first-order chi connectivity index (χ1) is 11.0. The molecule has 0 heterocycles. The van der Waals surface area contributed by atoms with Gasteiger partial charge in [0.1, 0.15) is 12.5 Å². The van der Waals surface area contributed by atoms with Crippen molar-refractivity contribution in [2.24, 2.45) is 0 Å². The second-order valence-electron chi connectivity index (χ2n) is 4.95. The summed E-state index contributed by atoms with van der Waals surface area (Å²) in [5.41, 5.74) is 0.869. The van der Waals surface area contributed by atoms with E-state index in [1.54, 1.807) is 25.1 Å². The van der Waals surface area contributed by atoms with Gasteiger partial charge in [-0.2, -0.15) is 5.26 Å². The largest absolute Gasteiger partial charge is 0.354 e. The molecule has 1 rings (SSSR count). The number of anilines is 1. The van der Waals surface area contributed by atoms with Crippen LogP contribution in [0.5, 0.6) is 0 Å². The normalized spacial score (nSPS) is 11.0. The first-order valence-corrected chi connectivity index (χ1v) is 7.33. The van der Waals surface area contributed by atoms with E-state index in [9.17, 15) is 14.4 Å². The van der Waals surface area contributed by atoms with E-state index in [4.69, 9.17) is 5.26 Å². The molecule has 1 aromatic rings. The van der Waals surface area contributed by atoms with E-state index < -0.39 is 11.9 Å². The van der Waals surface area contributed by atoms with Crippen molar-refractivity contribution in [3.8, 4) is 6.07 Å². The van der Waals surface area contributed by atoms with Gasteiger partial charge in [-0.25, -0.2) is 0 Å². The second-order valence-corrected chi connectivity index (χ2v) is 4.95. The van der Waals surface area contributed by atoms with Crippen LogP contribution in [-0.2, 0) is 9.59 Å². The molecule has 7 nitrogen and oxygen atoms in total. The Balaban J connectivity index is 2.59. The van der Waals surface area contributed by atoms with Crippen molar-refractivity contribution in [2.75, 3.05) is 11.9 Å². The highest BCUT2D eigenvalue weighted by molar-refractivity contribution is 5.98.